The fraction of sp³-hybridized carbons (Fsp3) is 0.429. The van der Waals surface area contributed by atoms with Crippen molar-refractivity contribution in [1.82, 2.24) is 5.32 Å². The van der Waals surface area contributed by atoms with E-state index in [1.165, 1.54) is 12.1 Å². The second kappa shape index (κ2) is 7.42. The molecule has 1 amide bonds. The van der Waals surface area contributed by atoms with Gasteiger partial charge in [-0.05, 0) is 25.5 Å². The molecule has 9 heteroatoms. The topological polar surface area (TPSA) is 133 Å². The number of carbonyl (C=O) groups is 2. The third-order valence-corrected chi connectivity index (χ3v) is 4.44. The van der Waals surface area contributed by atoms with Gasteiger partial charge in [-0.2, -0.15) is 0 Å². The molecule has 0 aliphatic carbocycles. The third-order valence-electron chi connectivity index (χ3n) is 2.96. The van der Waals surface area contributed by atoms with E-state index >= 15 is 0 Å². The van der Waals surface area contributed by atoms with Crippen molar-refractivity contribution >= 4 is 27.6 Å². The standard InChI is InChI=1S/C14H20N2O6S/c1-3-8-23(21,22)16-11-7-5-4-6-10(11)12(17)15-9-14(2,20)13(18)19/h4-7,16,20H,3,8-9H2,1-2H3,(H,15,17)(H,18,19). The summed E-state index contributed by atoms with van der Waals surface area (Å²) in [5.74, 6) is -2.26. The van der Waals surface area contributed by atoms with Gasteiger partial charge in [-0.15, -0.1) is 0 Å². The molecule has 0 aromatic heterocycles. The van der Waals surface area contributed by atoms with Crippen LogP contribution in [0.15, 0.2) is 24.3 Å². The van der Waals surface area contributed by atoms with Gasteiger partial charge in [0.2, 0.25) is 10.0 Å². The van der Waals surface area contributed by atoms with E-state index in [9.17, 15) is 23.1 Å². The molecule has 0 aliphatic rings. The van der Waals surface area contributed by atoms with Crippen LogP contribution < -0.4 is 10.0 Å². The Kier molecular flexibility index (Phi) is 6.11. The number of sulfonamides is 1. The van der Waals surface area contributed by atoms with Gasteiger partial charge in [0.05, 0.1) is 23.5 Å². The Hall–Kier alpha value is -2.13. The van der Waals surface area contributed by atoms with Crippen LogP contribution in [0.2, 0.25) is 0 Å². The smallest absolute Gasteiger partial charge is 0.337 e. The van der Waals surface area contributed by atoms with Crippen molar-refractivity contribution in [3.8, 4) is 0 Å². The van der Waals surface area contributed by atoms with Crippen molar-refractivity contribution in [3.63, 3.8) is 0 Å². The molecule has 0 heterocycles. The zero-order chi connectivity index (χ0) is 17.7. The fourth-order valence-electron chi connectivity index (χ4n) is 1.68. The summed E-state index contributed by atoms with van der Waals surface area (Å²) in [5.41, 5.74) is -1.99. The molecule has 8 nitrogen and oxygen atoms in total. The Morgan fingerprint density at radius 1 is 1.26 bits per heavy atom. The van der Waals surface area contributed by atoms with Gasteiger partial charge in [0, 0.05) is 0 Å². The van der Waals surface area contributed by atoms with Gasteiger partial charge >= 0.3 is 5.97 Å². The average molecular weight is 344 g/mol. The van der Waals surface area contributed by atoms with E-state index in [0.29, 0.717) is 6.42 Å². The molecule has 0 radical (unpaired) electrons. The van der Waals surface area contributed by atoms with Crippen LogP contribution in [-0.2, 0) is 14.8 Å². The lowest BCUT2D eigenvalue weighted by Crippen LogP contribution is -2.46. The molecule has 0 bridgehead atoms. The highest BCUT2D eigenvalue weighted by molar-refractivity contribution is 7.92. The predicted molar refractivity (Wildman–Crippen MR) is 84.7 cm³/mol. The summed E-state index contributed by atoms with van der Waals surface area (Å²) < 4.78 is 26.0. The lowest BCUT2D eigenvalue weighted by molar-refractivity contribution is -0.155. The van der Waals surface area contributed by atoms with Crippen molar-refractivity contribution in [3.05, 3.63) is 29.8 Å². The lowest BCUT2D eigenvalue weighted by Gasteiger charge is -2.19. The molecule has 1 aromatic rings. The number of carboxylic acids is 1. The first-order valence-corrected chi connectivity index (χ1v) is 8.58. The minimum Gasteiger partial charge on any atom is -0.479 e. The van der Waals surface area contributed by atoms with Crippen LogP contribution in [0.3, 0.4) is 0 Å². The van der Waals surface area contributed by atoms with Crippen LogP contribution in [0.5, 0.6) is 0 Å². The van der Waals surface area contributed by atoms with Crippen LogP contribution >= 0.6 is 0 Å². The monoisotopic (exact) mass is 344 g/mol. The number of carbonyl (C=O) groups excluding carboxylic acids is 1. The highest BCUT2D eigenvalue weighted by Gasteiger charge is 2.30. The summed E-state index contributed by atoms with van der Waals surface area (Å²) >= 11 is 0. The van der Waals surface area contributed by atoms with E-state index in [1.54, 1.807) is 19.1 Å². The largest absolute Gasteiger partial charge is 0.479 e. The van der Waals surface area contributed by atoms with Gasteiger partial charge in [-0.3, -0.25) is 9.52 Å². The summed E-state index contributed by atoms with van der Waals surface area (Å²) in [6.07, 6.45) is 0.422. The molecule has 0 aliphatic heterocycles. The number of hydrogen-bond acceptors (Lipinski definition) is 5. The zero-order valence-corrected chi connectivity index (χ0v) is 13.7. The van der Waals surface area contributed by atoms with Gasteiger partial charge in [-0.25, -0.2) is 13.2 Å². The molecule has 0 fully saturated rings. The van der Waals surface area contributed by atoms with Crippen molar-refractivity contribution in [2.24, 2.45) is 0 Å². The second-order valence-corrected chi connectivity index (χ2v) is 7.07. The number of aliphatic hydroxyl groups is 1. The number of nitrogens with one attached hydrogen (secondary N) is 2. The highest BCUT2D eigenvalue weighted by atomic mass is 32.2. The number of benzene rings is 1. The summed E-state index contributed by atoms with van der Waals surface area (Å²) in [5, 5.41) is 20.7. The molecular weight excluding hydrogens is 324 g/mol. The summed E-state index contributed by atoms with van der Waals surface area (Å²) in [6.45, 7) is 2.24. The SMILES string of the molecule is CCCS(=O)(=O)Nc1ccccc1C(=O)NCC(C)(O)C(=O)O. The molecule has 1 aromatic carbocycles. The average Bonchev–Trinajstić information content (AvgIpc) is 2.44. The van der Waals surface area contributed by atoms with Gasteiger partial charge in [-0.1, -0.05) is 19.1 Å². The second-order valence-electron chi connectivity index (χ2n) is 5.23. The van der Waals surface area contributed by atoms with Gasteiger partial charge < -0.3 is 15.5 Å². The first-order valence-electron chi connectivity index (χ1n) is 6.92. The maximum Gasteiger partial charge on any atom is 0.337 e. The van der Waals surface area contributed by atoms with E-state index in [0.717, 1.165) is 6.92 Å². The van der Waals surface area contributed by atoms with Crippen molar-refractivity contribution in [1.29, 1.82) is 0 Å². The number of aliphatic carboxylic acids is 1. The zero-order valence-electron chi connectivity index (χ0n) is 12.9. The molecule has 1 unspecified atom stereocenters. The molecule has 0 saturated carbocycles. The van der Waals surface area contributed by atoms with Crippen molar-refractivity contribution < 1.29 is 28.2 Å². The van der Waals surface area contributed by atoms with E-state index in [-0.39, 0.29) is 17.0 Å². The van der Waals surface area contributed by atoms with E-state index in [4.69, 9.17) is 5.11 Å². The van der Waals surface area contributed by atoms with Gasteiger partial charge in [0.15, 0.2) is 5.60 Å². The molecular formula is C14H20N2O6S. The number of amides is 1. The predicted octanol–water partition coefficient (Wildman–Crippen LogP) is 0.404. The van der Waals surface area contributed by atoms with Crippen molar-refractivity contribution in [2.75, 3.05) is 17.0 Å². The Balaban J connectivity index is 2.92. The van der Waals surface area contributed by atoms with Crippen LogP contribution in [-0.4, -0.2) is 48.4 Å². The normalized spacial score (nSPS) is 13.9. The minimum atomic E-state index is -3.57. The summed E-state index contributed by atoms with van der Waals surface area (Å²) in [6, 6.07) is 5.93. The Morgan fingerprint density at radius 2 is 1.87 bits per heavy atom. The maximum absolute atomic E-state index is 12.1. The van der Waals surface area contributed by atoms with Crippen LogP contribution in [0.25, 0.3) is 0 Å². The Labute approximate surface area is 134 Å². The van der Waals surface area contributed by atoms with Gasteiger partial charge in [0.1, 0.15) is 0 Å². The van der Waals surface area contributed by atoms with Crippen LogP contribution in [0, 0.1) is 0 Å². The van der Waals surface area contributed by atoms with Crippen LogP contribution in [0.1, 0.15) is 30.6 Å². The first-order chi connectivity index (χ1) is 10.6. The number of anilines is 1. The highest BCUT2D eigenvalue weighted by Crippen LogP contribution is 2.17. The van der Waals surface area contributed by atoms with E-state index in [1.807, 2.05) is 0 Å². The molecule has 4 N–H and O–H groups in total. The Morgan fingerprint density at radius 3 is 2.43 bits per heavy atom. The summed E-state index contributed by atoms with van der Waals surface area (Å²) in [7, 11) is -3.57. The molecule has 23 heavy (non-hydrogen) atoms. The number of carboxylic acid groups (broad SMARTS) is 1. The molecule has 0 saturated heterocycles. The maximum atomic E-state index is 12.1. The van der Waals surface area contributed by atoms with Crippen LogP contribution in [0.4, 0.5) is 5.69 Å². The number of hydrogen-bond donors (Lipinski definition) is 4. The first kappa shape index (κ1) is 18.9. The van der Waals surface area contributed by atoms with Crippen molar-refractivity contribution in [2.45, 2.75) is 25.9 Å². The molecule has 1 atom stereocenters. The quantitative estimate of drug-likeness (QED) is 0.540. The van der Waals surface area contributed by atoms with Gasteiger partial charge in [0.25, 0.3) is 5.91 Å². The molecule has 0 spiro atoms. The summed E-state index contributed by atoms with van der Waals surface area (Å²) in [4.78, 5) is 22.9. The van der Waals surface area contributed by atoms with E-state index in [2.05, 4.69) is 10.0 Å². The van der Waals surface area contributed by atoms with E-state index < -0.39 is 34.0 Å². The number of rotatable bonds is 8. The third kappa shape index (κ3) is 5.53. The fourth-order valence-corrected chi connectivity index (χ4v) is 2.83. The number of para-hydroxylation sites is 1. The minimum absolute atomic E-state index is 0.0355. The lowest BCUT2D eigenvalue weighted by atomic mass is 10.1. The molecule has 1 rings (SSSR count). The molecule has 128 valence electrons. The Bertz CT molecular complexity index is 684.